The maximum atomic E-state index is 12.8. The zero-order chi connectivity index (χ0) is 22.6. The van der Waals surface area contributed by atoms with Gasteiger partial charge in [0, 0.05) is 60.7 Å². The predicted molar refractivity (Wildman–Crippen MR) is 132 cm³/mol. The molecule has 1 aliphatic rings. The lowest BCUT2D eigenvalue weighted by Crippen LogP contribution is -2.35. The summed E-state index contributed by atoms with van der Waals surface area (Å²) in [7, 11) is 0. The van der Waals surface area contributed by atoms with Crippen LogP contribution in [0.3, 0.4) is 0 Å². The van der Waals surface area contributed by atoms with Gasteiger partial charge in [-0.15, -0.1) is 11.8 Å². The number of pyridine rings is 2. The van der Waals surface area contributed by atoms with Crippen molar-refractivity contribution in [3.8, 4) is 22.6 Å². The Morgan fingerprint density at radius 1 is 1.06 bits per heavy atom. The van der Waals surface area contributed by atoms with E-state index >= 15 is 0 Å². The molecule has 33 heavy (non-hydrogen) atoms. The molecule has 4 aromatic rings. The average Bonchev–Trinajstić information content (AvgIpc) is 2.86. The third-order valence-corrected chi connectivity index (χ3v) is 6.67. The Hall–Kier alpha value is -3.29. The van der Waals surface area contributed by atoms with Crippen molar-refractivity contribution in [3.05, 3.63) is 94.3 Å². The zero-order valence-corrected chi connectivity index (χ0v) is 19.3. The van der Waals surface area contributed by atoms with E-state index in [9.17, 15) is 4.79 Å². The molecule has 0 saturated carbocycles. The van der Waals surface area contributed by atoms with Crippen LogP contribution in [0.15, 0.2) is 76.8 Å². The van der Waals surface area contributed by atoms with Crippen LogP contribution >= 0.6 is 11.8 Å². The van der Waals surface area contributed by atoms with Gasteiger partial charge in [-0.05, 0) is 41.6 Å². The second-order valence-electron chi connectivity index (χ2n) is 8.05. The average molecular weight is 456 g/mol. The lowest BCUT2D eigenvalue weighted by atomic mass is 10.1. The maximum absolute atomic E-state index is 12.8. The van der Waals surface area contributed by atoms with Crippen LogP contribution in [0.1, 0.15) is 23.7 Å². The molecule has 166 valence electrons. The number of hydrogen-bond acceptors (Lipinski definition) is 6. The Labute approximate surface area is 197 Å². The summed E-state index contributed by atoms with van der Waals surface area (Å²) in [5.41, 5.74) is 5.62. The van der Waals surface area contributed by atoms with Crippen LogP contribution in [0.5, 0.6) is 0 Å². The van der Waals surface area contributed by atoms with Crippen LogP contribution in [-0.4, -0.2) is 37.1 Å². The van der Waals surface area contributed by atoms with E-state index in [0.29, 0.717) is 12.4 Å². The topological polar surface area (TPSA) is 74.8 Å². The quantitative estimate of drug-likeness (QED) is 0.430. The second kappa shape index (κ2) is 9.68. The summed E-state index contributed by atoms with van der Waals surface area (Å²) in [6, 6.07) is 16.5. The van der Waals surface area contributed by atoms with Crippen LogP contribution in [0.2, 0.25) is 0 Å². The van der Waals surface area contributed by atoms with Crippen LogP contribution in [0, 0.1) is 0 Å². The lowest BCUT2D eigenvalue weighted by molar-refractivity contribution is 0.241. The molecule has 5 rings (SSSR count). The van der Waals surface area contributed by atoms with E-state index in [1.807, 2.05) is 30.1 Å². The van der Waals surface area contributed by atoms with Gasteiger partial charge in [-0.2, -0.15) is 0 Å². The summed E-state index contributed by atoms with van der Waals surface area (Å²) >= 11 is 1.84. The molecule has 0 saturated heterocycles. The van der Waals surface area contributed by atoms with Gasteiger partial charge in [0.15, 0.2) is 0 Å². The number of hydrogen-bond donors (Lipinski definition) is 1. The SMILES string of the molecule is CCSc1ccc(-c2ccc(CN3CCc4nc(-c5cccnc5)[nH]c(=O)c4C3)cn2)cc1. The van der Waals surface area contributed by atoms with E-state index in [0.717, 1.165) is 58.9 Å². The first-order valence-corrected chi connectivity index (χ1v) is 12.1. The smallest absolute Gasteiger partial charge is 0.255 e. The molecule has 0 amide bonds. The van der Waals surface area contributed by atoms with Crippen molar-refractivity contribution in [2.45, 2.75) is 31.3 Å². The molecule has 0 aliphatic carbocycles. The molecular formula is C26H25N5OS. The molecule has 4 heterocycles. The Morgan fingerprint density at radius 2 is 1.94 bits per heavy atom. The molecule has 0 fully saturated rings. The fourth-order valence-electron chi connectivity index (χ4n) is 4.09. The molecule has 1 N–H and O–H groups in total. The van der Waals surface area contributed by atoms with E-state index in [-0.39, 0.29) is 5.56 Å². The van der Waals surface area contributed by atoms with Gasteiger partial charge in [0.05, 0.1) is 17.0 Å². The molecular weight excluding hydrogens is 430 g/mol. The van der Waals surface area contributed by atoms with Gasteiger partial charge >= 0.3 is 0 Å². The van der Waals surface area contributed by atoms with Crippen molar-refractivity contribution in [2.24, 2.45) is 0 Å². The third-order valence-electron chi connectivity index (χ3n) is 5.77. The Kier molecular flexibility index (Phi) is 6.32. The van der Waals surface area contributed by atoms with Crippen LogP contribution in [0.4, 0.5) is 0 Å². The number of aromatic amines is 1. The van der Waals surface area contributed by atoms with E-state index in [1.54, 1.807) is 12.4 Å². The summed E-state index contributed by atoms with van der Waals surface area (Å²) in [5.74, 6) is 1.65. The molecule has 3 aromatic heterocycles. The molecule has 0 atom stereocenters. The van der Waals surface area contributed by atoms with Gasteiger partial charge in [0.2, 0.25) is 0 Å². The summed E-state index contributed by atoms with van der Waals surface area (Å²) < 4.78 is 0. The number of H-pyrrole nitrogens is 1. The van der Waals surface area contributed by atoms with E-state index < -0.39 is 0 Å². The number of thioether (sulfide) groups is 1. The monoisotopic (exact) mass is 455 g/mol. The normalized spacial score (nSPS) is 13.6. The highest BCUT2D eigenvalue weighted by molar-refractivity contribution is 7.99. The fraction of sp³-hybridized carbons (Fsp3) is 0.231. The molecule has 0 spiro atoms. The number of nitrogens with one attached hydrogen (secondary N) is 1. The van der Waals surface area contributed by atoms with Gasteiger partial charge < -0.3 is 4.98 Å². The van der Waals surface area contributed by atoms with Gasteiger partial charge in [0.1, 0.15) is 5.82 Å². The second-order valence-corrected chi connectivity index (χ2v) is 9.39. The predicted octanol–water partition coefficient (Wildman–Crippen LogP) is 4.56. The summed E-state index contributed by atoms with van der Waals surface area (Å²) in [4.78, 5) is 32.8. The van der Waals surface area contributed by atoms with Crippen LogP contribution in [0.25, 0.3) is 22.6 Å². The first-order chi connectivity index (χ1) is 16.2. The van der Waals surface area contributed by atoms with Crippen molar-refractivity contribution in [3.63, 3.8) is 0 Å². The summed E-state index contributed by atoms with van der Waals surface area (Å²) in [6.07, 6.45) is 6.12. The molecule has 6 nitrogen and oxygen atoms in total. The van der Waals surface area contributed by atoms with Crippen molar-refractivity contribution in [1.29, 1.82) is 0 Å². The molecule has 7 heteroatoms. The highest BCUT2D eigenvalue weighted by Gasteiger charge is 2.21. The van der Waals surface area contributed by atoms with Gasteiger partial charge in [-0.1, -0.05) is 25.1 Å². The maximum Gasteiger partial charge on any atom is 0.255 e. The van der Waals surface area contributed by atoms with Crippen molar-refractivity contribution < 1.29 is 0 Å². The summed E-state index contributed by atoms with van der Waals surface area (Å²) in [6.45, 7) is 4.35. The van der Waals surface area contributed by atoms with Crippen molar-refractivity contribution in [2.75, 3.05) is 12.3 Å². The molecule has 0 bridgehead atoms. The first-order valence-electron chi connectivity index (χ1n) is 11.1. The minimum Gasteiger partial charge on any atom is -0.306 e. The minimum absolute atomic E-state index is 0.0679. The fourth-order valence-corrected chi connectivity index (χ4v) is 4.75. The number of aromatic nitrogens is 4. The molecule has 1 aromatic carbocycles. The number of nitrogens with zero attached hydrogens (tertiary/aromatic N) is 4. The molecule has 1 aliphatic heterocycles. The van der Waals surface area contributed by atoms with Crippen LogP contribution < -0.4 is 5.56 Å². The van der Waals surface area contributed by atoms with Gasteiger partial charge in [-0.25, -0.2) is 4.98 Å². The van der Waals surface area contributed by atoms with Gasteiger partial charge in [-0.3, -0.25) is 19.7 Å². The number of rotatable bonds is 6. The Morgan fingerprint density at radius 3 is 2.67 bits per heavy atom. The number of fused-ring (bicyclic) bond motifs is 1. The van der Waals surface area contributed by atoms with E-state index in [2.05, 4.69) is 63.2 Å². The Balaban J connectivity index is 1.27. The highest BCUT2D eigenvalue weighted by atomic mass is 32.2. The van der Waals surface area contributed by atoms with Crippen molar-refractivity contribution >= 4 is 11.8 Å². The summed E-state index contributed by atoms with van der Waals surface area (Å²) in [5, 5.41) is 0. The van der Waals surface area contributed by atoms with Crippen LogP contribution in [-0.2, 0) is 19.5 Å². The first kappa shape index (κ1) is 21.6. The van der Waals surface area contributed by atoms with Crippen molar-refractivity contribution in [1.82, 2.24) is 24.8 Å². The minimum atomic E-state index is -0.0679. The molecule has 0 unspecified atom stereocenters. The molecule has 0 radical (unpaired) electrons. The number of benzene rings is 1. The largest absolute Gasteiger partial charge is 0.306 e. The third kappa shape index (κ3) is 4.89. The zero-order valence-electron chi connectivity index (χ0n) is 18.5. The Bertz CT molecular complexity index is 1290. The lowest BCUT2D eigenvalue weighted by Gasteiger charge is -2.27. The highest BCUT2D eigenvalue weighted by Crippen LogP contribution is 2.24. The van der Waals surface area contributed by atoms with Gasteiger partial charge in [0.25, 0.3) is 5.56 Å². The van der Waals surface area contributed by atoms with E-state index in [1.165, 1.54) is 4.90 Å². The van der Waals surface area contributed by atoms with E-state index in [4.69, 9.17) is 4.98 Å². The standard InChI is InChI=1S/C26H25N5OS/c1-2-33-21-8-6-19(7-9-21)23-10-5-18(14-28-23)16-31-13-11-24-22(17-31)26(32)30-25(29-24)20-4-3-12-27-15-20/h3-10,12,14-15H,2,11,13,16-17H2,1H3,(H,29,30,32).